The smallest absolute Gasteiger partial charge is 0.391 e. The van der Waals surface area contributed by atoms with Crippen LogP contribution in [0.5, 0.6) is 5.75 Å². The van der Waals surface area contributed by atoms with Crippen LogP contribution in [0.4, 0.5) is 22.0 Å². The van der Waals surface area contributed by atoms with Gasteiger partial charge in [-0.1, -0.05) is 6.07 Å². The minimum atomic E-state index is -4.79. The molecule has 2 N–H and O–H groups in total. The number of hydrogen-bond acceptors (Lipinski definition) is 3. The highest BCUT2D eigenvalue weighted by Crippen LogP contribution is 2.22. The van der Waals surface area contributed by atoms with Crippen LogP contribution >= 0.6 is 0 Å². The Hall–Kier alpha value is -2.39. The molecule has 1 aromatic carbocycles. The van der Waals surface area contributed by atoms with Crippen molar-refractivity contribution < 1.29 is 41.4 Å². The van der Waals surface area contributed by atoms with Crippen LogP contribution < -0.4 is 10.1 Å². The van der Waals surface area contributed by atoms with E-state index in [1.807, 2.05) is 0 Å². The number of amides is 1. The van der Waals surface area contributed by atoms with Gasteiger partial charge in [-0.3, -0.25) is 4.79 Å². The largest absolute Gasteiger partial charge is 0.480 e. The molecule has 0 saturated heterocycles. The summed E-state index contributed by atoms with van der Waals surface area (Å²) in [5.74, 6) is -3.41. The Labute approximate surface area is 120 Å². The van der Waals surface area contributed by atoms with Gasteiger partial charge in [0.05, 0.1) is 6.42 Å². The molecular formula is C12H10F5NO4. The Morgan fingerprint density at radius 3 is 2.41 bits per heavy atom. The molecule has 1 atom stereocenters. The first-order chi connectivity index (χ1) is 10.1. The van der Waals surface area contributed by atoms with Gasteiger partial charge in [-0.05, 0) is 18.2 Å². The summed E-state index contributed by atoms with van der Waals surface area (Å²) in [4.78, 5) is 22.4. The minimum absolute atomic E-state index is 0.313. The lowest BCUT2D eigenvalue weighted by atomic mass is 10.1. The van der Waals surface area contributed by atoms with E-state index in [0.717, 1.165) is 24.3 Å². The number of ether oxygens (including phenoxy) is 1. The van der Waals surface area contributed by atoms with Crippen molar-refractivity contribution in [1.82, 2.24) is 5.32 Å². The van der Waals surface area contributed by atoms with E-state index in [9.17, 15) is 31.5 Å². The van der Waals surface area contributed by atoms with Crippen LogP contribution in [-0.2, 0) is 4.79 Å². The standard InChI is InChI=1S/C12H10F5NO4/c13-11(14)22-7-3-1-2-6(4-7)9(19)18-8(10(20)21)5-12(15,16)17/h1-4,8,11H,5H2,(H,18,19)(H,20,21). The van der Waals surface area contributed by atoms with Crippen molar-refractivity contribution in [2.75, 3.05) is 0 Å². The van der Waals surface area contributed by atoms with Crippen LogP contribution in [0.3, 0.4) is 0 Å². The summed E-state index contributed by atoms with van der Waals surface area (Å²) >= 11 is 0. The zero-order valence-electron chi connectivity index (χ0n) is 10.7. The number of carboxylic acid groups (broad SMARTS) is 1. The fraction of sp³-hybridized carbons (Fsp3) is 0.333. The highest BCUT2D eigenvalue weighted by atomic mass is 19.4. The van der Waals surface area contributed by atoms with Crippen LogP contribution in [0.25, 0.3) is 0 Å². The zero-order valence-corrected chi connectivity index (χ0v) is 10.7. The number of alkyl halides is 5. The van der Waals surface area contributed by atoms with Crippen molar-refractivity contribution in [3.05, 3.63) is 29.8 Å². The normalized spacial score (nSPS) is 12.8. The summed E-state index contributed by atoms with van der Waals surface area (Å²) in [6, 6.07) is 2.04. The molecule has 0 saturated carbocycles. The maximum absolute atomic E-state index is 12.2. The third-order valence-corrected chi connectivity index (χ3v) is 2.36. The van der Waals surface area contributed by atoms with Gasteiger partial charge in [-0.15, -0.1) is 0 Å². The highest BCUT2D eigenvalue weighted by Gasteiger charge is 2.36. The van der Waals surface area contributed by atoms with Gasteiger partial charge in [-0.2, -0.15) is 22.0 Å². The molecule has 0 fully saturated rings. The van der Waals surface area contributed by atoms with E-state index in [1.54, 1.807) is 5.32 Å². The highest BCUT2D eigenvalue weighted by molar-refractivity contribution is 5.96. The number of halogens is 5. The number of rotatable bonds is 6. The molecule has 0 bridgehead atoms. The van der Waals surface area contributed by atoms with Gasteiger partial charge >= 0.3 is 18.8 Å². The van der Waals surface area contributed by atoms with Crippen molar-refractivity contribution in [2.45, 2.75) is 25.3 Å². The predicted octanol–water partition coefficient (Wildman–Crippen LogP) is 2.42. The van der Waals surface area contributed by atoms with Crippen molar-refractivity contribution in [2.24, 2.45) is 0 Å². The average molecular weight is 327 g/mol. The Balaban J connectivity index is 2.84. The number of carbonyl (C=O) groups is 2. The maximum atomic E-state index is 12.2. The summed E-state index contributed by atoms with van der Waals surface area (Å²) in [6.45, 7) is -3.14. The number of hydrogen-bond donors (Lipinski definition) is 2. The lowest BCUT2D eigenvalue weighted by Crippen LogP contribution is -2.43. The summed E-state index contributed by atoms with van der Waals surface area (Å²) in [7, 11) is 0. The van der Waals surface area contributed by atoms with Crippen molar-refractivity contribution in [3.8, 4) is 5.75 Å². The third kappa shape index (κ3) is 5.94. The Morgan fingerprint density at radius 1 is 1.27 bits per heavy atom. The quantitative estimate of drug-likeness (QED) is 0.787. The van der Waals surface area contributed by atoms with Crippen molar-refractivity contribution in [3.63, 3.8) is 0 Å². The number of carboxylic acids is 1. The molecule has 1 rings (SSSR count). The molecule has 0 aliphatic carbocycles. The van der Waals surface area contributed by atoms with Crippen LogP contribution in [0, 0.1) is 0 Å². The van der Waals surface area contributed by atoms with Gasteiger partial charge in [0.2, 0.25) is 0 Å². The summed E-state index contributed by atoms with van der Waals surface area (Å²) in [6.07, 6.45) is -6.56. The molecule has 0 heterocycles. The molecule has 0 radical (unpaired) electrons. The second kappa shape index (κ2) is 7.05. The van der Waals surface area contributed by atoms with Gasteiger partial charge in [0.1, 0.15) is 11.8 Å². The number of benzene rings is 1. The van der Waals surface area contributed by atoms with Gasteiger partial charge in [0.15, 0.2) is 0 Å². The summed E-state index contributed by atoms with van der Waals surface area (Å²) in [5, 5.41) is 10.3. The average Bonchev–Trinajstić information content (AvgIpc) is 2.35. The lowest BCUT2D eigenvalue weighted by molar-refractivity contribution is -0.157. The molecule has 0 aliphatic rings. The van der Waals surface area contributed by atoms with Crippen LogP contribution in [0.1, 0.15) is 16.8 Å². The second-order valence-corrected chi connectivity index (χ2v) is 4.09. The number of nitrogens with one attached hydrogen (secondary N) is 1. The van der Waals surface area contributed by atoms with Crippen molar-refractivity contribution >= 4 is 11.9 Å². The first kappa shape index (κ1) is 17.7. The van der Waals surface area contributed by atoms with E-state index < -0.39 is 37.1 Å². The topological polar surface area (TPSA) is 75.6 Å². The molecule has 22 heavy (non-hydrogen) atoms. The van der Waals surface area contributed by atoms with Crippen LogP contribution in [-0.4, -0.2) is 35.8 Å². The number of carbonyl (C=O) groups excluding carboxylic acids is 1. The SMILES string of the molecule is O=C(NC(CC(F)(F)F)C(=O)O)c1cccc(OC(F)F)c1. The monoisotopic (exact) mass is 327 g/mol. The van der Waals surface area contributed by atoms with Crippen LogP contribution in [0.2, 0.25) is 0 Å². The summed E-state index contributed by atoms with van der Waals surface area (Å²) in [5.41, 5.74) is -0.313. The molecule has 1 unspecified atom stereocenters. The van der Waals surface area contributed by atoms with E-state index in [4.69, 9.17) is 5.11 Å². The molecule has 5 nitrogen and oxygen atoms in total. The second-order valence-electron chi connectivity index (χ2n) is 4.09. The fourth-order valence-corrected chi connectivity index (χ4v) is 1.49. The van der Waals surface area contributed by atoms with Crippen molar-refractivity contribution in [1.29, 1.82) is 0 Å². The molecule has 1 aromatic rings. The van der Waals surface area contributed by atoms with E-state index in [2.05, 4.69) is 4.74 Å². The Kier molecular flexibility index (Phi) is 5.66. The van der Waals surface area contributed by atoms with E-state index >= 15 is 0 Å². The van der Waals surface area contributed by atoms with Gasteiger partial charge < -0.3 is 15.2 Å². The van der Waals surface area contributed by atoms with Crippen LogP contribution in [0.15, 0.2) is 24.3 Å². The third-order valence-electron chi connectivity index (χ3n) is 2.36. The first-order valence-corrected chi connectivity index (χ1v) is 5.74. The molecule has 0 aliphatic heterocycles. The molecule has 10 heteroatoms. The predicted molar refractivity (Wildman–Crippen MR) is 62.6 cm³/mol. The fourth-order valence-electron chi connectivity index (χ4n) is 1.49. The van der Waals surface area contributed by atoms with Gasteiger partial charge in [-0.25, -0.2) is 4.79 Å². The zero-order chi connectivity index (χ0) is 16.9. The minimum Gasteiger partial charge on any atom is -0.480 e. The molecule has 122 valence electrons. The van der Waals surface area contributed by atoms with E-state index in [0.29, 0.717) is 0 Å². The Bertz CT molecular complexity index is 547. The molecule has 0 aromatic heterocycles. The van der Waals surface area contributed by atoms with Gasteiger partial charge in [0.25, 0.3) is 5.91 Å². The first-order valence-electron chi connectivity index (χ1n) is 5.74. The van der Waals surface area contributed by atoms with E-state index in [-0.39, 0.29) is 11.3 Å². The number of aliphatic carboxylic acids is 1. The van der Waals surface area contributed by atoms with E-state index in [1.165, 1.54) is 0 Å². The Morgan fingerprint density at radius 2 is 1.91 bits per heavy atom. The molecular weight excluding hydrogens is 317 g/mol. The molecule has 1 amide bonds. The maximum Gasteiger partial charge on any atom is 0.391 e. The summed E-state index contributed by atoms with van der Waals surface area (Å²) < 4.78 is 64.7. The van der Waals surface area contributed by atoms with Gasteiger partial charge in [0, 0.05) is 5.56 Å². The lowest BCUT2D eigenvalue weighted by Gasteiger charge is -2.16. The molecule has 0 spiro atoms.